The third-order valence-electron chi connectivity index (χ3n) is 6.32. The van der Waals surface area contributed by atoms with Crippen molar-refractivity contribution >= 4 is 52.4 Å². The number of nitrogens with one attached hydrogen (secondary N) is 1. The van der Waals surface area contributed by atoms with Crippen molar-refractivity contribution in [2.45, 2.75) is 43.4 Å². The van der Waals surface area contributed by atoms with Crippen LogP contribution >= 0.6 is 11.6 Å². The zero-order valence-electron chi connectivity index (χ0n) is 21.1. The van der Waals surface area contributed by atoms with Gasteiger partial charge in [0.25, 0.3) is 11.5 Å². The highest BCUT2D eigenvalue weighted by Gasteiger charge is 2.50. The quantitative estimate of drug-likeness (QED) is 0.146. The maximum absolute atomic E-state index is 15.0. The molecule has 218 valence electrons. The number of alkyl halides is 1. The number of carboxylic acid groups (broad SMARTS) is 3. The number of hydrogen-bond acceptors (Lipinski definition) is 10. The maximum Gasteiger partial charge on any atom is 0.348 e. The Labute approximate surface area is 235 Å². The number of nitrogens with zero attached hydrogens (tertiary/aromatic N) is 4. The molecule has 0 aliphatic carbocycles. The van der Waals surface area contributed by atoms with Crippen molar-refractivity contribution in [3.63, 3.8) is 0 Å². The van der Waals surface area contributed by atoms with Crippen LogP contribution in [0.4, 0.5) is 10.2 Å². The molecule has 4 rings (SSSR count). The molecule has 1 aromatic carbocycles. The Bertz CT molecular complexity index is 1470. The fraction of sp³-hybridized carbons (Fsp3) is 0.375. The van der Waals surface area contributed by atoms with Crippen LogP contribution < -0.4 is 11.1 Å². The maximum atomic E-state index is 15.0. The van der Waals surface area contributed by atoms with Crippen LogP contribution in [0.3, 0.4) is 0 Å². The molecule has 17 heteroatoms. The van der Waals surface area contributed by atoms with Crippen molar-refractivity contribution in [1.82, 2.24) is 24.8 Å². The number of nitrogen functional groups attached to an aromatic ring is 1. The number of ether oxygens (including phenoxy) is 2. The smallest absolute Gasteiger partial charge is 0.348 e. The number of hydrogen-bond donors (Lipinski definition) is 5. The fourth-order valence-electron chi connectivity index (χ4n) is 4.25. The van der Waals surface area contributed by atoms with E-state index in [9.17, 15) is 29.4 Å². The second-order valence-electron chi connectivity index (χ2n) is 9.12. The molecular weight excluding hydrogens is 571 g/mol. The van der Waals surface area contributed by atoms with Crippen molar-refractivity contribution in [1.29, 1.82) is 0 Å². The van der Waals surface area contributed by atoms with E-state index in [0.29, 0.717) is 0 Å². The second kappa shape index (κ2) is 12.0. The van der Waals surface area contributed by atoms with E-state index in [4.69, 9.17) is 31.9 Å². The number of rotatable bonds is 12. The number of carboxylic acids is 3. The van der Waals surface area contributed by atoms with Gasteiger partial charge in [-0.25, -0.2) is 19.0 Å². The number of aromatic nitrogens is 4. The van der Waals surface area contributed by atoms with Crippen LogP contribution in [0.2, 0.25) is 5.28 Å². The number of fused-ring (bicyclic) bond motifs is 1. The number of amides is 1. The summed E-state index contributed by atoms with van der Waals surface area (Å²) < 4.78 is 27.4. The van der Waals surface area contributed by atoms with Crippen LogP contribution in [-0.2, 0) is 30.3 Å². The highest BCUT2D eigenvalue weighted by molar-refractivity contribution is 6.28. The summed E-state index contributed by atoms with van der Waals surface area (Å²) in [6.45, 7) is -0.675. The molecule has 1 amide bonds. The Morgan fingerprint density at radius 2 is 1.85 bits per heavy atom. The highest BCUT2D eigenvalue weighted by Crippen LogP contribution is 2.35. The Balaban J connectivity index is 1.45. The van der Waals surface area contributed by atoms with E-state index in [-0.39, 0.29) is 52.8 Å². The summed E-state index contributed by atoms with van der Waals surface area (Å²) in [5, 5.41) is 30.6. The van der Waals surface area contributed by atoms with Crippen molar-refractivity contribution in [3.05, 3.63) is 47.0 Å². The lowest BCUT2D eigenvalue weighted by molar-refractivity contribution is -0.188. The Morgan fingerprint density at radius 3 is 2.49 bits per heavy atom. The summed E-state index contributed by atoms with van der Waals surface area (Å²) in [6.07, 6.45) is -3.81. The molecule has 0 bridgehead atoms. The van der Waals surface area contributed by atoms with Crippen LogP contribution in [0, 0.1) is 0 Å². The molecular formula is C24H24ClFN6O9. The van der Waals surface area contributed by atoms with E-state index < -0.39 is 60.9 Å². The summed E-state index contributed by atoms with van der Waals surface area (Å²) in [5.41, 5.74) is 3.67. The van der Waals surface area contributed by atoms with Crippen molar-refractivity contribution in [2.75, 3.05) is 18.9 Å². The van der Waals surface area contributed by atoms with Crippen LogP contribution in [0.5, 0.6) is 0 Å². The minimum Gasteiger partial charge on any atom is -0.481 e. The van der Waals surface area contributed by atoms with Crippen LogP contribution in [0.15, 0.2) is 30.6 Å². The van der Waals surface area contributed by atoms with Gasteiger partial charge in [0, 0.05) is 24.9 Å². The standard InChI is InChI=1S/C24H24ClFN6O9/c25-23-30-17(27)16-18(31-23)32(10-29-16)20-14(26)7-13(41-20)9-40-24(21(36)37,22(38)39)8-11-1-3-12(4-2-11)19(35)28-6-5-15(33)34/h1-4,10,13-14,20H,5-9H2,(H,28,35)(H,33,34)(H,36,37)(H,38,39)(H2,27,30,31). The Hall–Kier alpha value is -4.41. The predicted octanol–water partition coefficient (Wildman–Crippen LogP) is 1.06. The molecule has 0 spiro atoms. The van der Waals surface area contributed by atoms with Crippen LogP contribution in [0.25, 0.3) is 11.2 Å². The van der Waals surface area contributed by atoms with E-state index in [1.807, 2.05) is 0 Å². The van der Waals surface area contributed by atoms with Gasteiger partial charge in [-0.05, 0) is 29.3 Å². The molecule has 3 unspecified atom stereocenters. The van der Waals surface area contributed by atoms with Gasteiger partial charge in [-0.15, -0.1) is 0 Å². The molecule has 1 fully saturated rings. The highest BCUT2D eigenvalue weighted by atomic mass is 35.5. The number of nitrogens with two attached hydrogens (primary N) is 1. The van der Waals surface area contributed by atoms with Gasteiger partial charge in [0.05, 0.1) is 25.5 Å². The number of imidazole rings is 1. The Kier molecular flexibility index (Phi) is 8.65. The first-order valence-electron chi connectivity index (χ1n) is 12.1. The lowest BCUT2D eigenvalue weighted by Gasteiger charge is -2.27. The largest absolute Gasteiger partial charge is 0.481 e. The lowest BCUT2D eigenvalue weighted by Crippen LogP contribution is -2.52. The van der Waals surface area contributed by atoms with E-state index in [0.717, 1.165) is 0 Å². The third-order valence-corrected chi connectivity index (χ3v) is 6.49. The van der Waals surface area contributed by atoms with Crippen LogP contribution in [-0.4, -0.2) is 89.7 Å². The van der Waals surface area contributed by atoms with Gasteiger partial charge in [-0.1, -0.05) is 12.1 Å². The van der Waals surface area contributed by atoms with Gasteiger partial charge >= 0.3 is 17.9 Å². The van der Waals surface area contributed by atoms with E-state index in [1.54, 1.807) is 0 Å². The summed E-state index contributed by atoms with van der Waals surface area (Å²) in [7, 11) is 0. The third kappa shape index (κ3) is 6.34. The first-order chi connectivity index (χ1) is 19.4. The minimum absolute atomic E-state index is 0.0217. The van der Waals surface area contributed by atoms with Crippen LogP contribution in [0.1, 0.15) is 35.0 Å². The molecule has 41 heavy (non-hydrogen) atoms. The first kappa shape index (κ1) is 29.6. The molecule has 1 saturated heterocycles. The summed E-state index contributed by atoms with van der Waals surface area (Å²) in [5.74, 6) is -5.26. The van der Waals surface area contributed by atoms with Crippen molar-refractivity contribution in [3.8, 4) is 0 Å². The number of halogens is 2. The SMILES string of the molecule is Nc1nc(Cl)nc2c1ncn2C1OC(COC(Cc2ccc(C(=O)NCCC(=O)O)cc2)(C(=O)O)C(=O)O)CC1F. The molecule has 6 N–H and O–H groups in total. The summed E-state index contributed by atoms with van der Waals surface area (Å²) >= 11 is 5.86. The molecule has 3 atom stereocenters. The summed E-state index contributed by atoms with van der Waals surface area (Å²) in [4.78, 5) is 58.9. The van der Waals surface area contributed by atoms with Gasteiger partial charge in [-0.2, -0.15) is 9.97 Å². The molecule has 1 aliphatic heterocycles. The molecule has 3 heterocycles. The normalized spacial score (nSPS) is 18.8. The first-order valence-corrected chi connectivity index (χ1v) is 12.4. The molecule has 0 saturated carbocycles. The van der Waals surface area contributed by atoms with E-state index in [2.05, 4.69) is 20.3 Å². The summed E-state index contributed by atoms with van der Waals surface area (Å²) in [6, 6.07) is 5.35. The number of benzene rings is 1. The van der Waals surface area contributed by atoms with E-state index >= 15 is 4.39 Å². The van der Waals surface area contributed by atoms with Gasteiger partial charge in [-0.3, -0.25) is 14.2 Å². The Morgan fingerprint density at radius 1 is 1.17 bits per heavy atom. The van der Waals surface area contributed by atoms with Crippen molar-refractivity contribution in [2.24, 2.45) is 0 Å². The average molecular weight is 595 g/mol. The number of carbonyl (C=O) groups is 4. The zero-order valence-corrected chi connectivity index (χ0v) is 21.8. The molecule has 2 aromatic heterocycles. The lowest BCUT2D eigenvalue weighted by atomic mass is 9.93. The monoisotopic (exact) mass is 594 g/mol. The fourth-order valence-corrected chi connectivity index (χ4v) is 4.42. The molecule has 3 aromatic rings. The minimum atomic E-state index is -2.75. The van der Waals surface area contributed by atoms with Gasteiger partial charge in [0.2, 0.25) is 5.28 Å². The average Bonchev–Trinajstić information content (AvgIpc) is 3.49. The number of anilines is 1. The molecule has 0 radical (unpaired) electrons. The second-order valence-corrected chi connectivity index (χ2v) is 9.46. The molecule has 1 aliphatic rings. The van der Waals surface area contributed by atoms with Gasteiger partial charge in [0.15, 0.2) is 17.7 Å². The zero-order chi connectivity index (χ0) is 29.9. The molecule has 15 nitrogen and oxygen atoms in total. The topological polar surface area (TPSA) is 229 Å². The predicted molar refractivity (Wildman–Crippen MR) is 137 cm³/mol. The number of aliphatic carboxylic acids is 3. The van der Waals surface area contributed by atoms with Gasteiger partial charge < -0.3 is 35.8 Å². The number of carbonyl (C=O) groups excluding carboxylic acids is 1. The van der Waals surface area contributed by atoms with Gasteiger partial charge in [0.1, 0.15) is 11.7 Å². The van der Waals surface area contributed by atoms with Crippen molar-refractivity contribution < 1.29 is 48.4 Å². The van der Waals surface area contributed by atoms with E-state index in [1.165, 1.54) is 35.2 Å².